The molecule has 0 spiro atoms. The van der Waals surface area contributed by atoms with E-state index in [0.717, 1.165) is 44.4 Å². The van der Waals surface area contributed by atoms with E-state index in [0.29, 0.717) is 18.7 Å². The van der Waals surface area contributed by atoms with Crippen LogP contribution in [0, 0.1) is 5.82 Å². The summed E-state index contributed by atoms with van der Waals surface area (Å²) in [4.78, 5) is 28.0. The molecule has 0 saturated carbocycles. The third-order valence-electron chi connectivity index (χ3n) is 5.21. The van der Waals surface area contributed by atoms with Gasteiger partial charge in [0, 0.05) is 57.6 Å². The van der Waals surface area contributed by atoms with E-state index in [2.05, 4.69) is 14.8 Å². The van der Waals surface area contributed by atoms with E-state index in [4.69, 9.17) is 4.98 Å². The van der Waals surface area contributed by atoms with Gasteiger partial charge in [0.25, 0.3) is 5.91 Å². The van der Waals surface area contributed by atoms with Gasteiger partial charge in [-0.3, -0.25) is 9.69 Å². The predicted octanol–water partition coefficient (Wildman–Crippen LogP) is 2.17. The first-order chi connectivity index (χ1) is 13.2. The molecule has 1 aromatic heterocycles. The van der Waals surface area contributed by atoms with Crippen molar-refractivity contribution >= 4 is 11.9 Å². The van der Waals surface area contributed by atoms with Crippen LogP contribution in [0.15, 0.2) is 36.5 Å². The van der Waals surface area contributed by atoms with E-state index in [-0.39, 0.29) is 11.7 Å². The molecule has 0 unspecified atom stereocenters. The Morgan fingerprint density at radius 3 is 2.56 bits per heavy atom. The quantitative estimate of drug-likeness (QED) is 0.827. The van der Waals surface area contributed by atoms with Crippen molar-refractivity contribution in [3.8, 4) is 0 Å². The second-order valence-electron chi connectivity index (χ2n) is 7.12. The standard InChI is InChI=1S/C20H24FN5O/c21-17-5-3-4-16(14-17)19(27)25-12-10-24(11-13-25)15-18-6-7-22-20(23-18)26-8-1-2-9-26/h3-7,14H,1-2,8-13,15H2. The van der Waals surface area contributed by atoms with Crippen molar-refractivity contribution < 1.29 is 9.18 Å². The number of anilines is 1. The Hall–Kier alpha value is -2.54. The van der Waals surface area contributed by atoms with Gasteiger partial charge >= 0.3 is 0 Å². The van der Waals surface area contributed by atoms with Gasteiger partial charge in [0.2, 0.25) is 5.95 Å². The number of hydrogen-bond acceptors (Lipinski definition) is 5. The van der Waals surface area contributed by atoms with E-state index < -0.39 is 0 Å². The molecule has 6 nitrogen and oxygen atoms in total. The van der Waals surface area contributed by atoms with Crippen LogP contribution in [-0.4, -0.2) is 64.9 Å². The summed E-state index contributed by atoms with van der Waals surface area (Å²) in [6.07, 6.45) is 4.24. The first-order valence-corrected chi connectivity index (χ1v) is 9.53. The summed E-state index contributed by atoms with van der Waals surface area (Å²) in [6.45, 7) is 5.66. The van der Waals surface area contributed by atoms with Crippen LogP contribution in [-0.2, 0) is 6.54 Å². The molecular formula is C20H24FN5O. The number of piperazine rings is 1. The summed E-state index contributed by atoms with van der Waals surface area (Å²) in [5, 5.41) is 0. The summed E-state index contributed by atoms with van der Waals surface area (Å²) in [5.41, 5.74) is 1.42. The Balaban J connectivity index is 1.33. The third-order valence-corrected chi connectivity index (χ3v) is 5.21. The maximum absolute atomic E-state index is 13.3. The fourth-order valence-corrected chi connectivity index (χ4v) is 3.68. The summed E-state index contributed by atoms with van der Waals surface area (Å²) < 4.78 is 13.3. The lowest BCUT2D eigenvalue weighted by molar-refractivity contribution is 0.0626. The zero-order valence-corrected chi connectivity index (χ0v) is 15.4. The maximum atomic E-state index is 13.3. The minimum atomic E-state index is -0.378. The highest BCUT2D eigenvalue weighted by atomic mass is 19.1. The van der Waals surface area contributed by atoms with E-state index in [9.17, 15) is 9.18 Å². The van der Waals surface area contributed by atoms with Crippen LogP contribution in [0.25, 0.3) is 0 Å². The number of benzene rings is 1. The largest absolute Gasteiger partial charge is 0.341 e. The van der Waals surface area contributed by atoms with Crippen molar-refractivity contribution in [2.45, 2.75) is 19.4 Å². The lowest BCUT2D eigenvalue weighted by Crippen LogP contribution is -2.48. The average Bonchev–Trinajstić information content (AvgIpc) is 3.23. The second kappa shape index (κ2) is 8.00. The first kappa shape index (κ1) is 17.9. The summed E-state index contributed by atoms with van der Waals surface area (Å²) >= 11 is 0. The number of carbonyl (C=O) groups is 1. The molecule has 3 heterocycles. The average molecular weight is 369 g/mol. The molecule has 27 heavy (non-hydrogen) atoms. The highest BCUT2D eigenvalue weighted by Gasteiger charge is 2.23. The first-order valence-electron chi connectivity index (χ1n) is 9.53. The van der Waals surface area contributed by atoms with Crippen LogP contribution in [0.2, 0.25) is 0 Å². The Morgan fingerprint density at radius 1 is 1.04 bits per heavy atom. The van der Waals surface area contributed by atoms with Gasteiger partial charge in [-0.1, -0.05) is 6.07 Å². The predicted molar refractivity (Wildman–Crippen MR) is 101 cm³/mol. The molecule has 1 amide bonds. The SMILES string of the molecule is O=C(c1cccc(F)c1)N1CCN(Cc2ccnc(N3CCCC3)n2)CC1. The Morgan fingerprint density at radius 2 is 1.81 bits per heavy atom. The van der Waals surface area contributed by atoms with Crippen LogP contribution in [0.3, 0.4) is 0 Å². The molecule has 0 bridgehead atoms. The molecule has 2 aliphatic heterocycles. The van der Waals surface area contributed by atoms with Gasteiger partial charge in [-0.05, 0) is 37.1 Å². The Labute approximate surface area is 158 Å². The Kier molecular flexibility index (Phi) is 5.29. The molecule has 0 atom stereocenters. The lowest BCUT2D eigenvalue weighted by Gasteiger charge is -2.34. The maximum Gasteiger partial charge on any atom is 0.254 e. The van der Waals surface area contributed by atoms with Gasteiger partial charge in [-0.2, -0.15) is 0 Å². The number of hydrogen-bond donors (Lipinski definition) is 0. The van der Waals surface area contributed by atoms with Crippen molar-refractivity contribution in [2.24, 2.45) is 0 Å². The zero-order chi connectivity index (χ0) is 18.6. The van der Waals surface area contributed by atoms with Gasteiger partial charge < -0.3 is 9.80 Å². The number of rotatable bonds is 4. The summed E-state index contributed by atoms with van der Waals surface area (Å²) in [6, 6.07) is 7.86. The molecule has 0 aliphatic carbocycles. The molecule has 142 valence electrons. The highest BCUT2D eigenvalue weighted by molar-refractivity contribution is 5.94. The molecule has 7 heteroatoms. The normalized spacial score (nSPS) is 18.1. The zero-order valence-electron chi connectivity index (χ0n) is 15.4. The number of halogens is 1. The van der Waals surface area contributed by atoms with E-state index in [1.807, 2.05) is 12.3 Å². The van der Waals surface area contributed by atoms with Gasteiger partial charge in [-0.15, -0.1) is 0 Å². The van der Waals surface area contributed by atoms with E-state index in [1.54, 1.807) is 17.0 Å². The monoisotopic (exact) mass is 369 g/mol. The van der Waals surface area contributed by atoms with Crippen molar-refractivity contribution in [1.29, 1.82) is 0 Å². The van der Waals surface area contributed by atoms with Crippen LogP contribution in [0.1, 0.15) is 28.9 Å². The van der Waals surface area contributed by atoms with Crippen molar-refractivity contribution in [3.05, 3.63) is 53.6 Å². The van der Waals surface area contributed by atoms with Gasteiger partial charge in [0.05, 0.1) is 5.69 Å². The van der Waals surface area contributed by atoms with Crippen LogP contribution < -0.4 is 4.90 Å². The smallest absolute Gasteiger partial charge is 0.254 e. The fourth-order valence-electron chi connectivity index (χ4n) is 3.68. The van der Waals surface area contributed by atoms with Crippen molar-refractivity contribution in [1.82, 2.24) is 19.8 Å². The molecule has 1 aromatic carbocycles. The minimum absolute atomic E-state index is 0.104. The molecule has 0 radical (unpaired) electrons. The minimum Gasteiger partial charge on any atom is -0.341 e. The van der Waals surface area contributed by atoms with E-state index in [1.165, 1.54) is 25.0 Å². The molecular weight excluding hydrogens is 345 g/mol. The topological polar surface area (TPSA) is 52.6 Å². The van der Waals surface area contributed by atoms with Gasteiger partial charge in [-0.25, -0.2) is 14.4 Å². The number of carbonyl (C=O) groups excluding carboxylic acids is 1. The number of nitrogens with zero attached hydrogens (tertiary/aromatic N) is 5. The summed E-state index contributed by atoms with van der Waals surface area (Å²) in [5.74, 6) is 0.342. The molecule has 0 N–H and O–H groups in total. The van der Waals surface area contributed by atoms with E-state index >= 15 is 0 Å². The molecule has 2 saturated heterocycles. The van der Waals surface area contributed by atoms with Crippen LogP contribution in [0.4, 0.5) is 10.3 Å². The number of amides is 1. The van der Waals surface area contributed by atoms with Gasteiger partial charge in [0.1, 0.15) is 5.82 Å². The lowest BCUT2D eigenvalue weighted by atomic mass is 10.1. The molecule has 4 rings (SSSR count). The highest BCUT2D eigenvalue weighted by Crippen LogP contribution is 2.17. The van der Waals surface area contributed by atoms with Gasteiger partial charge in [0.15, 0.2) is 0 Å². The van der Waals surface area contributed by atoms with Crippen molar-refractivity contribution in [3.63, 3.8) is 0 Å². The number of aromatic nitrogens is 2. The fraction of sp³-hybridized carbons (Fsp3) is 0.450. The molecule has 2 fully saturated rings. The van der Waals surface area contributed by atoms with Crippen LogP contribution >= 0.6 is 0 Å². The third kappa shape index (κ3) is 4.24. The molecule has 2 aliphatic rings. The van der Waals surface area contributed by atoms with Crippen molar-refractivity contribution in [2.75, 3.05) is 44.2 Å². The second-order valence-corrected chi connectivity index (χ2v) is 7.12. The van der Waals surface area contributed by atoms with Crippen LogP contribution in [0.5, 0.6) is 0 Å². The Bertz CT molecular complexity index is 800. The molecule has 2 aromatic rings. The summed E-state index contributed by atoms with van der Waals surface area (Å²) in [7, 11) is 0.